The van der Waals surface area contributed by atoms with Crippen molar-refractivity contribution in [2.24, 2.45) is 0 Å². The number of ether oxygens (including phenoxy) is 1. The molecular weight excluding hydrogens is 240 g/mol. The number of hydrogen-bond acceptors (Lipinski definition) is 3. The number of hydrogen-bond donors (Lipinski definition) is 0. The van der Waals surface area contributed by atoms with Crippen molar-refractivity contribution in [3.05, 3.63) is 11.1 Å². The molecule has 0 saturated carbocycles. The van der Waals surface area contributed by atoms with Crippen molar-refractivity contribution in [2.75, 3.05) is 46.9 Å². The first-order chi connectivity index (χ1) is 8.97. The molecule has 1 heterocycles. The van der Waals surface area contributed by atoms with Gasteiger partial charge in [-0.15, -0.1) is 0 Å². The minimum absolute atomic E-state index is 0.219. The van der Waals surface area contributed by atoms with E-state index in [1.54, 1.807) is 14.2 Å². The molecule has 1 rings (SSSR count). The lowest BCUT2D eigenvalue weighted by molar-refractivity contribution is -0.128. The van der Waals surface area contributed by atoms with E-state index in [9.17, 15) is 4.79 Å². The van der Waals surface area contributed by atoms with Crippen LogP contribution >= 0.6 is 0 Å². The van der Waals surface area contributed by atoms with Crippen LogP contribution in [-0.2, 0) is 9.53 Å². The van der Waals surface area contributed by atoms with Gasteiger partial charge in [-0.1, -0.05) is 12.5 Å². The monoisotopic (exact) mass is 270 g/mol. The fraction of sp³-hybridized carbons (Fsp3) is 0.800. The highest BCUT2D eigenvalue weighted by Crippen LogP contribution is 2.10. The first kappa shape index (κ1) is 18.1. The lowest BCUT2D eigenvalue weighted by atomic mass is 10.1. The Morgan fingerprint density at radius 3 is 1.89 bits per heavy atom. The van der Waals surface area contributed by atoms with Crippen LogP contribution in [0.15, 0.2) is 11.1 Å². The number of carbonyl (C=O) groups excluding carboxylic acids is 1. The Morgan fingerprint density at radius 2 is 1.53 bits per heavy atom. The summed E-state index contributed by atoms with van der Waals surface area (Å²) in [7, 11) is 3.25. The Hall–Kier alpha value is -0.870. The standard InChI is InChI=1S/C13H24N2O.C2H6O/c1-5-6-14-7-9-15(10-8-14)13(16)12(4)11(2)3;1-3-2/h5-10H2,1-4H3;1-2H3. The molecule has 112 valence electrons. The van der Waals surface area contributed by atoms with E-state index in [1.807, 2.05) is 25.7 Å². The molecule has 4 nitrogen and oxygen atoms in total. The molecule has 0 aromatic rings. The third-order valence-corrected chi connectivity index (χ3v) is 3.27. The zero-order chi connectivity index (χ0) is 14.8. The maximum Gasteiger partial charge on any atom is 0.249 e. The third kappa shape index (κ3) is 6.73. The maximum atomic E-state index is 12.1. The molecule has 1 amide bonds. The van der Waals surface area contributed by atoms with Crippen LogP contribution in [0.3, 0.4) is 0 Å². The van der Waals surface area contributed by atoms with E-state index in [0.29, 0.717) is 0 Å². The lowest BCUT2D eigenvalue weighted by Gasteiger charge is -2.34. The predicted octanol–water partition coefficient (Wildman–Crippen LogP) is 2.16. The molecule has 1 fully saturated rings. The van der Waals surface area contributed by atoms with Crippen molar-refractivity contribution in [2.45, 2.75) is 34.1 Å². The van der Waals surface area contributed by atoms with E-state index in [4.69, 9.17) is 0 Å². The van der Waals surface area contributed by atoms with Gasteiger partial charge in [-0.05, 0) is 33.7 Å². The fourth-order valence-electron chi connectivity index (χ4n) is 1.94. The molecule has 19 heavy (non-hydrogen) atoms. The molecule has 1 saturated heterocycles. The number of amides is 1. The van der Waals surface area contributed by atoms with Gasteiger partial charge >= 0.3 is 0 Å². The Bertz CT molecular complexity index is 289. The second-order valence-corrected chi connectivity index (χ2v) is 5.17. The maximum absolute atomic E-state index is 12.1. The molecule has 0 aromatic heterocycles. The molecular formula is C15H30N2O2. The van der Waals surface area contributed by atoms with E-state index in [0.717, 1.165) is 43.9 Å². The van der Waals surface area contributed by atoms with Gasteiger partial charge in [-0.2, -0.15) is 0 Å². The molecule has 1 aliphatic heterocycles. The second-order valence-electron chi connectivity index (χ2n) is 5.17. The van der Waals surface area contributed by atoms with Crippen LogP contribution in [0.2, 0.25) is 0 Å². The lowest BCUT2D eigenvalue weighted by Crippen LogP contribution is -2.49. The van der Waals surface area contributed by atoms with E-state index in [-0.39, 0.29) is 5.91 Å². The molecule has 1 aliphatic rings. The van der Waals surface area contributed by atoms with Crippen LogP contribution in [0, 0.1) is 0 Å². The van der Waals surface area contributed by atoms with E-state index < -0.39 is 0 Å². The number of nitrogens with zero attached hydrogens (tertiary/aromatic N) is 2. The Balaban J connectivity index is 0.000000982. The highest BCUT2D eigenvalue weighted by molar-refractivity contribution is 5.93. The normalized spacial score (nSPS) is 15.6. The van der Waals surface area contributed by atoms with Crippen LogP contribution in [0.4, 0.5) is 0 Å². The van der Waals surface area contributed by atoms with E-state index >= 15 is 0 Å². The summed E-state index contributed by atoms with van der Waals surface area (Å²) in [6.45, 7) is 13.1. The van der Waals surface area contributed by atoms with Crippen molar-refractivity contribution in [1.29, 1.82) is 0 Å². The van der Waals surface area contributed by atoms with Gasteiger partial charge in [0.15, 0.2) is 0 Å². The topological polar surface area (TPSA) is 32.8 Å². The summed E-state index contributed by atoms with van der Waals surface area (Å²) >= 11 is 0. The summed E-state index contributed by atoms with van der Waals surface area (Å²) in [5.41, 5.74) is 2.03. The zero-order valence-corrected chi connectivity index (χ0v) is 13.5. The smallest absolute Gasteiger partial charge is 0.249 e. The first-order valence-corrected chi connectivity index (χ1v) is 7.03. The Kier molecular flexibility index (Phi) is 9.53. The van der Waals surface area contributed by atoms with Crippen LogP contribution in [0.1, 0.15) is 34.1 Å². The van der Waals surface area contributed by atoms with Crippen molar-refractivity contribution in [3.8, 4) is 0 Å². The Morgan fingerprint density at radius 1 is 1.05 bits per heavy atom. The van der Waals surface area contributed by atoms with E-state index in [2.05, 4.69) is 16.6 Å². The molecule has 0 bridgehead atoms. The molecule has 0 aliphatic carbocycles. The van der Waals surface area contributed by atoms with Crippen molar-refractivity contribution >= 4 is 5.91 Å². The van der Waals surface area contributed by atoms with Crippen LogP contribution < -0.4 is 0 Å². The van der Waals surface area contributed by atoms with Gasteiger partial charge in [0, 0.05) is 46.0 Å². The molecule has 0 N–H and O–H groups in total. The van der Waals surface area contributed by atoms with Gasteiger partial charge in [0.2, 0.25) is 5.91 Å². The van der Waals surface area contributed by atoms with Crippen molar-refractivity contribution < 1.29 is 9.53 Å². The largest absolute Gasteiger partial charge is 0.388 e. The molecule has 0 unspecified atom stereocenters. The van der Waals surface area contributed by atoms with Gasteiger partial charge in [0.05, 0.1) is 0 Å². The summed E-state index contributed by atoms with van der Waals surface area (Å²) in [6.07, 6.45) is 1.20. The quantitative estimate of drug-likeness (QED) is 0.737. The summed E-state index contributed by atoms with van der Waals surface area (Å²) in [5, 5.41) is 0. The van der Waals surface area contributed by atoms with Gasteiger partial charge < -0.3 is 9.64 Å². The van der Waals surface area contributed by atoms with Gasteiger partial charge in [0.25, 0.3) is 0 Å². The molecule has 4 heteroatoms. The predicted molar refractivity (Wildman–Crippen MR) is 80.3 cm³/mol. The highest BCUT2D eigenvalue weighted by Gasteiger charge is 2.21. The summed E-state index contributed by atoms with van der Waals surface area (Å²) in [5.74, 6) is 0.219. The first-order valence-electron chi connectivity index (χ1n) is 7.03. The minimum atomic E-state index is 0.219. The molecule has 0 spiro atoms. The SMILES string of the molecule is CCCN1CCN(C(=O)C(C)=C(C)C)CC1.COC. The highest BCUT2D eigenvalue weighted by atomic mass is 16.4. The van der Waals surface area contributed by atoms with Gasteiger partial charge in [0.1, 0.15) is 0 Å². The fourth-order valence-corrected chi connectivity index (χ4v) is 1.94. The average molecular weight is 270 g/mol. The molecule has 0 aromatic carbocycles. The van der Waals surface area contributed by atoms with Crippen LogP contribution in [0.25, 0.3) is 0 Å². The van der Waals surface area contributed by atoms with Crippen LogP contribution in [-0.4, -0.2) is 62.7 Å². The van der Waals surface area contributed by atoms with Gasteiger partial charge in [-0.25, -0.2) is 0 Å². The number of rotatable bonds is 3. The number of piperazine rings is 1. The second kappa shape index (κ2) is 9.98. The zero-order valence-electron chi connectivity index (χ0n) is 13.5. The number of allylic oxidation sites excluding steroid dienone is 1. The van der Waals surface area contributed by atoms with E-state index in [1.165, 1.54) is 6.42 Å². The average Bonchev–Trinajstić information content (AvgIpc) is 2.39. The molecule has 0 radical (unpaired) electrons. The summed E-state index contributed by atoms with van der Waals surface area (Å²) in [4.78, 5) is 16.5. The number of methoxy groups -OCH3 is 1. The van der Waals surface area contributed by atoms with Crippen molar-refractivity contribution in [1.82, 2.24) is 9.80 Å². The van der Waals surface area contributed by atoms with Crippen molar-refractivity contribution in [3.63, 3.8) is 0 Å². The van der Waals surface area contributed by atoms with Gasteiger partial charge in [-0.3, -0.25) is 9.69 Å². The summed E-state index contributed by atoms with van der Waals surface area (Å²) < 4.78 is 4.25. The summed E-state index contributed by atoms with van der Waals surface area (Å²) in [6, 6.07) is 0. The van der Waals surface area contributed by atoms with Crippen LogP contribution in [0.5, 0.6) is 0 Å². The molecule has 0 atom stereocenters. The number of carbonyl (C=O) groups is 1. The Labute approximate surface area is 118 Å². The third-order valence-electron chi connectivity index (χ3n) is 3.27. The minimum Gasteiger partial charge on any atom is -0.388 e.